The minimum Gasteiger partial charge on any atom is -0.497 e. The molecule has 2 aromatic rings. The van der Waals surface area contributed by atoms with Crippen LogP contribution in [0.3, 0.4) is 0 Å². The Morgan fingerprint density at radius 2 is 1.85 bits per heavy atom. The number of methoxy groups -OCH3 is 1. The number of aryl methyl sites for hydroxylation is 2. The van der Waals surface area contributed by atoms with Crippen molar-refractivity contribution in [2.75, 3.05) is 33.3 Å². The molecule has 1 fully saturated rings. The van der Waals surface area contributed by atoms with Crippen molar-refractivity contribution >= 4 is 11.8 Å². The van der Waals surface area contributed by atoms with E-state index in [2.05, 4.69) is 4.98 Å². The van der Waals surface area contributed by atoms with E-state index in [1.165, 1.54) is 0 Å². The van der Waals surface area contributed by atoms with Gasteiger partial charge in [-0.25, -0.2) is 4.98 Å². The van der Waals surface area contributed by atoms with E-state index >= 15 is 0 Å². The van der Waals surface area contributed by atoms with Crippen molar-refractivity contribution < 1.29 is 18.7 Å². The van der Waals surface area contributed by atoms with E-state index in [4.69, 9.17) is 9.15 Å². The summed E-state index contributed by atoms with van der Waals surface area (Å²) in [5.41, 5.74) is 1.52. The second kappa shape index (κ2) is 7.59. The van der Waals surface area contributed by atoms with E-state index < -0.39 is 0 Å². The number of piperazine rings is 1. The Hall–Kier alpha value is -2.83. The first-order valence-electron chi connectivity index (χ1n) is 8.62. The van der Waals surface area contributed by atoms with E-state index in [1.807, 2.05) is 24.3 Å². The maximum absolute atomic E-state index is 12.5. The second-order valence-corrected chi connectivity index (χ2v) is 6.35. The highest BCUT2D eigenvalue weighted by atomic mass is 16.5. The Morgan fingerprint density at radius 3 is 2.46 bits per heavy atom. The molecule has 0 bridgehead atoms. The predicted octanol–water partition coefficient (Wildman–Crippen LogP) is 1.83. The van der Waals surface area contributed by atoms with Crippen LogP contribution in [0.15, 0.2) is 28.7 Å². The van der Waals surface area contributed by atoms with Gasteiger partial charge in [0.1, 0.15) is 5.75 Å². The molecule has 26 heavy (non-hydrogen) atoms. The van der Waals surface area contributed by atoms with Gasteiger partial charge in [-0.3, -0.25) is 9.59 Å². The van der Waals surface area contributed by atoms with Crippen molar-refractivity contribution in [1.29, 1.82) is 0 Å². The molecule has 0 aliphatic carbocycles. The van der Waals surface area contributed by atoms with Crippen LogP contribution in [-0.2, 0) is 11.2 Å². The summed E-state index contributed by atoms with van der Waals surface area (Å²) in [6.07, 6.45) is 0.325. The van der Waals surface area contributed by atoms with Crippen molar-refractivity contribution in [3.63, 3.8) is 0 Å². The van der Waals surface area contributed by atoms with Crippen LogP contribution in [-0.4, -0.2) is 59.9 Å². The third kappa shape index (κ3) is 3.87. The Bertz CT molecular complexity index is 807. The molecule has 7 heteroatoms. The summed E-state index contributed by atoms with van der Waals surface area (Å²) in [7, 11) is 1.61. The van der Waals surface area contributed by atoms with Gasteiger partial charge in [-0.05, 0) is 24.6 Å². The molecule has 138 valence electrons. The monoisotopic (exact) mass is 357 g/mol. The maximum atomic E-state index is 12.5. The van der Waals surface area contributed by atoms with Gasteiger partial charge >= 0.3 is 0 Å². The van der Waals surface area contributed by atoms with Crippen LogP contribution in [0.5, 0.6) is 5.75 Å². The summed E-state index contributed by atoms with van der Waals surface area (Å²) in [6, 6.07) is 7.51. The average molecular weight is 357 g/mol. The summed E-state index contributed by atoms with van der Waals surface area (Å²) in [4.78, 5) is 32.7. The molecule has 2 heterocycles. The highest BCUT2D eigenvalue weighted by molar-refractivity contribution is 5.92. The molecule has 2 amide bonds. The first-order valence-corrected chi connectivity index (χ1v) is 8.62. The number of carbonyl (C=O) groups is 2. The van der Waals surface area contributed by atoms with Gasteiger partial charge < -0.3 is 19.0 Å². The molecule has 0 spiro atoms. The van der Waals surface area contributed by atoms with Crippen LogP contribution in [0.2, 0.25) is 0 Å². The molecular weight excluding hydrogens is 334 g/mol. The number of rotatable bonds is 4. The second-order valence-electron chi connectivity index (χ2n) is 6.35. The van der Waals surface area contributed by atoms with Crippen LogP contribution >= 0.6 is 0 Å². The van der Waals surface area contributed by atoms with Gasteiger partial charge in [-0.1, -0.05) is 12.1 Å². The third-order valence-electron chi connectivity index (χ3n) is 4.51. The van der Waals surface area contributed by atoms with Gasteiger partial charge in [0.2, 0.25) is 11.7 Å². The molecular formula is C19H23N3O4. The summed E-state index contributed by atoms with van der Waals surface area (Å²) < 4.78 is 10.6. The van der Waals surface area contributed by atoms with Gasteiger partial charge in [0, 0.05) is 33.1 Å². The Morgan fingerprint density at radius 1 is 1.15 bits per heavy atom. The first kappa shape index (κ1) is 18.0. The topological polar surface area (TPSA) is 75.9 Å². The maximum Gasteiger partial charge on any atom is 0.291 e. The van der Waals surface area contributed by atoms with E-state index in [1.54, 1.807) is 30.8 Å². The Balaban J connectivity index is 1.56. The first-order chi connectivity index (χ1) is 12.5. The van der Waals surface area contributed by atoms with Gasteiger partial charge in [-0.15, -0.1) is 0 Å². The van der Waals surface area contributed by atoms with Crippen molar-refractivity contribution in [2.45, 2.75) is 20.3 Å². The highest BCUT2D eigenvalue weighted by Crippen LogP contribution is 2.16. The number of carbonyl (C=O) groups excluding carboxylic acids is 2. The number of amides is 2. The lowest BCUT2D eigenvalue weighted by molar-refractivity contribution is -0.131. The fourth-order valence-corrected chi connectivity index (χ4v) is 3.10. The predicted molar refractivity (Wildman–Crippen MR) is 95.2 cm³/mol. The van der Waals surface area contributed by atoms with Crippen LogP contribution in [0.4, 0.5) is 0 Å². The van der Waals surface area contributed by atoms with Crippen LogP contribution in [0.1, 0.15) is 27.7 Å². The van der Waals surface area contributed by atoms with Gasteiger partial charge in [0.15, 0.2) is 5.89 Å². The highest BCUT2D eigenvalue weighted by Gasteiger charge is 2.28. The minimum atomic E-state index is -0.164. The zero-order chi connectivity index (χ0) is 18.7. The SMILES string of the molecule is COc1cccc(CC(=O)N2CCN(C(=O)c3oc(C)nc3C)CC2)c1. The number of hydrogen-bond acceptors (Lipinski definition) is 5. The molecule has 1 aliphatic heterocycles. The molecule has 0 unspecified atom stereocenters. The lowest BCUT2D eigenvalue weighted by atomic mass is 10.1. The zero-order valence-corrected chi connectivity index (χ0v) is 15.3. The quantitative estimate of drug-likeness (QED) is 0.834. The van der Waals surface area contributed by atoms with Crippen molar-refractivity contribution in [1.82, 2.24) is 14.8 Å². The van der Waals surface area contributed by atoms with Crippen LogP contribution in [0, 0.1) is 13.8 Å². The normalized spacial score (nSPS) is 14.4. The van der Waals surface area contributed by atoms with Gasteiger partial charge in [-0.2, -0.15) is 0 Å². The molecule has 7 nitrogen and oxygen atoms in total. The molecule has 1 aliphatic rings. The van der Waals surface area contributed by atoms with E-state index in [0.717, 1.165) is 11.3 Å². The minimum absolute atomic E-state index is 0.0528. The van der Waals surface area contributed by atoms with Gasteiger partial charge in [0.05, 0.1) is 19.2 Å². The molecule has 1 aromatic heterocycles. The largest absolute Gasteiger partial charge is 0.497 e. The summed E-state index contributed by atoms with van der Waals surface area (Å²) in [5.74, 6) is 1.40. The smallest absolute Gasteiger partial charge is 0.291 e. The van der Waals surface area contributed by atoms with Crippen LogP contribution < -0.4 is 4.74 Å². The summed E-state index contributed by atoms with van der Waals surface area (Å²) in [6.45, 7) is 5.49. The molecule has 0 atom stereocenters. The summed E-state index contributed by atoms with van der Waals surface area (Å²) >= 11 is 0. The van der Waals surface area contributed by atoms with E-state index in [0.29, 0.717) is 49.9 Å². The zero-order valence-electron chi connectivity index (χ0n) is 15.3. The van der Waals surface area contributed by atoms with Crippen molar-refractivity contribution in [3.05, 3.63) is 47.2 Å². The number of benzene rings is 1. The average Bonchev–Trinajstić information content (AvgIpc) is 2.99. The standard InChI is InChI=1S/C19H23N3O4/c1-13-18(26-14(2)20-13)19(24)22-9-7-21(8-10-22)17(23)12-15-5-4-6-16(11-15)25-3/h4-6,11H,7-10,12H2,1-3H3. The van der Waals surface area contributed by atoms with Crippen molar-refractivity contribution in [3.8, 4) is 5.75 Å². The Labute approximate surface area is 152 Å². The van der Waals surface area contributed by atoms with Crippen LogP contribution in [0.25, 0.3) is 0 Å². The molecule has 1 aromatic carbocycles. The molecule has 1 saturated heterocycles. The lowest BCUT2D eigenvalue weighted by Crippen LogP contribution is -2.51. The number of nitrogens with zero attached hydrogens (tertiary/aromatic N) is 3. The number of hydrogen-bond donors (Lipinski definition) is 0. The molecule has 3 rings (SSSR count). The molecule has 0 radical (unpaired) electrons. The van der Waals surface area contributed by atoms with E-state index in [-0.39, 0.29) is 11.8 Å². The fourth-order valence-electron chi connectivity index (χ4n) is 3.10. The number of aromatic nitrogens is 1. The van der Waals surface area contributed by atoms with Crippen molar-refractivity contribution in [2.24, 2.45) is 0 Å². The third-order valence-corrected chi connectivity index (χ3v) is 4.51. The lowest BCUT2D eigenvalue weighted by Gasteiger charge is -2.34. The number of oxazole rings is 1. The molecule has 0 saturated carbocycles. The fraction of sp³-hybridized carbons (Fsp3) is 0.421. The Kier molecular flexibility index (Phi) is 5.25. The van der Waals surface area contributed by atoms with Gasteiger partial charge in [0.25, 0.3) is 5.91 Å². The van der Waals surface area contributed by atoms with E-state index in [9.17, 15) is 9.59 Å². The number of ether oxygens (including phenoxy) is 1. The molecule has 0 N–H and O–H groups in total. The summed E-state index contributed by atoms with van der Waals surface area (Å²) in [5, 5.41) is 0.